The minimum absolute atomic E-state index is 0.494. The third-order valence-electron chi connectivity index (χ3n) is 4.18. The summed E-state index contributed by atoms with van der Waals surface area (Å²) in [5.74, 6) is 0. The van der Waals surface area contributed by atoms with Crippen molar-refractivity contribution >= 4 is 11.3 Å². The van der Waals surface area contributed by atoms with Crippen molar-refractivity contribution in [3.8, 4) is 0 Å². The Labute approximate surface area is 124 Å². The topological polar surface area (TPSA) is 40.6 Å². The quantitative estimate of drug-likeness (QED) is 0.850. The van der Waals surface area contributed by atoms with Crippen molar-refractivity contribution in [3.05, 3.63) is 15.6 Å². The van der Waals surface area contributed by atoms with Crippen molar-refractivity contribution in [2.45, 2.75) is 26.1 Å². The molecule has 3 aliphatic rings. The molecule has 1 N–H and O–H groups in total. The van der Waals surface area contributed by atoms with Gasteiger partial charge in [0, 0.05) is 51.3 Å². The lowest BCUT2D eigenvalue weighted by molar-refractivity contribution is 0.0121. The second-order valence-corrected chi connectivity index (χ2v) is 6.60. The van der Waals surface area contributed by atoms with Crippen molar-refractivity contribution in [2.75, 3.05) is 46.4 Å². The summed E-state index contributed by atoms with van der Waals surface area (Å²) in [6.45, 7) is 10.6. The van der Waals surface area contributed by atoms with Crippen LogP contribution in [0.5, 0.6) is 0 Å². The summed E-state index contributed by atoms with van der Waals surface area (Å²) in [6.07, 6.45) is 0. The Bertz CT molecular complexity index is 442. The van der Waals surface area contributed by atoms with Crippen LogP contribution in [0.25, 0.3) is 0 Å². The monoisotopic (exact) mass is 296 g/mol. The molecule has 4 heterocycles. The van der Waals surface area contributed by atoms with Crippen LogP contribution in [0.15, 0.2) is 0 Å². The Morgan fingerprint density at radius 2 is 2.15 bits per heavy atom. The van der Waals surface area contributed by atoms with Gasteiger partial charge >= 0.3 is 0 Å². The van der Waals surface area contributed by atoms with Gasteiger partial charge in [-0.25, -0.2) is 4.98 Å². The third-order valence-corrected chi connectivity index (χ3v) is 5.37. The average molecular weight is 296 g/mol. The maximum Gasteiger partial charge on any atom is 0.112 e. The van der Waals surface area contributed by atoms with Crippen LogP contribution >= 0.6 is 11.3 Å². The second-order valence-electron chi connectivity index (χ2n) is 5.49. The zero-order valence-electron chi connectivity index (χ0n) is 12.4. The van der Waals surface area contributed by atoms with Gasteiger partial charge in [-0.1, -0.05) is 6.92 Å². The Morgan fingerprint density at radius 3 is 2.75 bits per heavy atom. The molecule has 0 saturated carbocycles. The third kappa shape index (κ3) is 2.89. The average Bonchev–Trinajstić information content (AvgIpc) is 2.90. The predicted octanol–water partition coefficient (Wildman–Crippen LogP) is 1.07. The highest BCUT2D eigenvalue weighted by Gasteiger charge is 2.34. The number of fused-ring (bicyclic) bond motifs is 3. The zero-order chi connectivity index (χ0) is 13.9. The van der Waals surface area contributed by atoms with E-state index in [1.807, 2.05) is 11.3 Å². The van der Waals surface area contributed by atoms with Gasteiger partial charge in [0.1, 0.15) is 5.01 Å². The van der Waals surface area contributed by atoms with Gasteiger partial charge in [0.2, 0.25) is 0 Å². The summed E-state index contributed by atoms with van der Waals surface area (Å²) in [6, 6.07) is 0.494. The number of thiazole rings is 1. The van der Waals surface area contributed by atoms with Gasteiger partial charge in [0.05, 0.1) is 18.3 Å². The van der Waals surface area contributed by atoms with E-state index in [0.717, 1.165) is 25.3 Å². The van der Waals surface area contributed by atoms with Crippen LogP contribution in [0.2, 0.25) is 0 Å². The Kier molecular flexibility index (Phi) is 4.68. The van der Waals surface area contributed by atoms with Gasteiger partial charge in [-0.15, -0.1) is 11.3 Å². The minimum atomic E-state index is 0.494. The van der Waals surface area contributed by atoms with Crippen molar-refractivity contribution in [3.63, 3.8) is 0 Å². The van der Waals surface area contributed by atoms with Crippen LogP contribution in [-0.4, -0.2) is 61.2 Å². The fraction of sp³-hybridized carbons (Fsp3) is 0.786. The number of nitrogens with one attached hydrogen (secondary N) is 1. The highest BCUT2D eigenvalue weighted by atomic mass is 32.1. The van der Waals surface area contributed by atoms with Gasteiger partial charge in [-0.05, 0) is 6.54 Å². The highest BCUT2D eigenvalue weighted by Crippen LogP contribution is 2.33. The first-order chi connectivity index (χ1) is 9.81. The largest absolute Gasteiger partial charge is 0.378 e. The normalized spacial score (nSPS) is 29.0. The Morgan fingerprint density at radius 1 is 1.35 bits per heavy atom. The Balaban J connectivity index is 1.78. The number of methoxy groups -OCH3 is 1. The van der Waals surface area contributed by atoms with Crippen LogP contribution in [-0.2, 0) is 17.9 Å². The molecule has 20 heavy (non-hydrogen) atoms. The minimum Gasteiger partial charge on any atom is -0.378 e. The summed E-state index contributed by atoms with van der Waals surface area (Å²) in [7, 11) is 1.74. The van der Waals surface area contributed by atoms with E-state index in [9.17, 15) is 0 Å². The van der Waals surface area contributed by atoms with Crippen LogP contribution in [0, 0.1) is 0 Å². The van der Waals surface area contributed by atoms with E-state index >= 15 is 0 Å². The van der Waals surface area contributed by atoms with Gasteiger partial charge in [-0.2, -0.15) is 0 Å². The van der Waals surface area contributed by atoms with Gasteiger partial charge in [0.25, 0.3) is 0 Å². The van der Waals surface area contributed by atoms with Crippen molar-refractivity contribution in [2.24, 2.45) is 0 Å². The smallest absolute Gasteiger partial charge is 0.112 e. The molecule has 0 radical (unpaired) electrons. The predicted molar refractivity (Wildman–Crippen MR) is 81.0 cm³/mol. The number of ether oxygens (including phenoxy) is 1. The molecule has 3 aliphatic heterocycles. The lowest BCUT2D eigenvalue weighted by Crippen LogP contribution is -2.56. The molecule has 1 atom stereocenters. The highest BCUT2D eigenvalue weighted by molar-refractivity contribution is 7.11. The molecule has 5 nitrogen and oxygen atoms in total. The van der Waals surface area contributed by atoms with E-state index in [4.69, 9.17) is 9.72 Å². The molecule has 1 aromatic heterocycles. The van der Waals surface area contributed by atoms with Gasteiger partial charge < -0.3 is 10.1 Å². The van der Waals surface area contributed by atoms with Crippen molar-refractivity contribution in [1.82, 2.24) is 20.1 Å². The molecule has 3 fully saturated rings. The zero-order valence-corrected chi connectivity index (χ0v) is 13.2. The first-order valence-corrected chi connectivity index (χ1v) is 8.28. The molecule has 4 rings (SSSR count). The van der Waals surface area contributed by atoms with Crippen molar-refractivity contribution in [1.29, 1.82) is 0 Å². The van der Waals surface area contributed by atoms with E-state index in [-0.39, 0.29) is 0 Å². The lowest BCUT2D eigenvalue weighted by Gasteiger charge is -2.46. The second kappa shape index (κ2) is 6.49. The van der Waals surface area contributed by atoms with Crippen LogP contribution < -0.4 is 5.32 Å². The molecule has 0 amide bonds. The first-order valence-electron chi connectivity index (χ1n) is 7.46. The molecule has 0 spiro atoms. The first kappa shape index (κ1) is 14.4. The standard InChI is InChI=1S/C14H24N4OS/c1-3-15-8-13-11(10-19-2)16-14(20-13)12-9-17-4-6-18(12)7-5-17/h12,15H,3-10H2,1-2H3. The van der Waals surface area contributed by atoms with E-state index in [2.05, 4.69) is 22.0 Å². The summed E-state index contributed by atoms with van der Waals surface area (Å²) in [4.78, 5) is 11.4. The number of hydrogen-bond donors (Lipinski definition) is 1. The fourth-order valence-electron chi connectivity index (χ4n) is 3.02. The molecular weight excluding hydrogens is 272 g/mol. The van der Waals surface area contributed by atoms with E-state index in [1.54, 1.807) is 7.11 Å². The molecule has 1 unspecified atom stereocenters. The fourth-order valence-corrected chi connectivity index (χ4v) is 4.19. The number of aromatic nitrogens is 1. The maximum absolute atomic E-state index is 5.30. The summed E-state index contributed by atoms with van der Waals surface area (Å²) in [5, 5.41) is 4.68. The summed E-state index contributed by atoms with van der Waals surface area (Å²) >= 11 is 1.86. The number of piperazine rings is 3. The number of rotatable bonds is 6. The molecule has 2 bridgehead atoms. The molecule has 3 saturated heterocycles. The molecule has 1 aromatic rings. The number of nitrogens with zero attached hydrogens (tertiary/aromatic N) is 3. The number of hydrogen-bond acceptors (Lipinski definition) is 6. The van der Waals surface area contributed by atoms with Gasteiger partial charge in [0.15, 0.2) is 0 Å². The van der Waals surface area contributed by atoms with Crippen molar-refractivity contribution < 1.29 is 4.74 Å². The van der Waals surface area contributed by atoms with E-state index in [1.165, 1.54) is 36.1 Å². The molecular formula is C14H24N4OS. The van der Waals surface area contributed by atoms with E-state index in [0.29, 0.717) is 12.6 Å². The van der Waals surface area contributed by atoms with Gasteiger partial charge in [-0.3, -0.25) is 9.80 Å². The molecule has 0 aliphatic carbocycles. The van der Waals surface area contributed by atoms with Crippen LogP contribution in [0.1, 0.15) is 28.5 Å². The summed E-state index contributed by atoms with van der Waals surface area (Å²) < 4.78 is 5.30. The lowest BCUT2D eigenvalue weighted by atomic mass is 10.1. The summed E-state index contributed by atoms with van der Waals surface area (Å²) in [5.41, 5.74) is 1.12. The molecule has 0 aromatic carbocycles. The van der Waals surface area contributed by atoms with E-state index < -0.39 is 0 Å². The molecule has 112 valence electrons. The molecule has 6 heteroatoms. The van der Waals surface area contributed by atoms with Crippen LogP contribution in [0.3, 0.4) is 0 Å². The maximum atomic E-state index is 5.30. The Hall–Kier alpha value is -0.530. The SMILES string of the molecule is CCNCc1sc(C2CN3CCN2CC3)nc1COC. The van der Waals surface area contributed by atoms with Crippen LogP contribution in [0.4, 0.5) is 0 Å².